The minimum Gasteiger partial charge on any atom is -0.399 e. The van der Waals surface area contributed by atoms with Gasteiger partial charge in [-0.25, -0.2) is 13.1 Å². The minimum absolute atomic E-state index is 0.00428. The fourth-order valence-corrected chi connectivity index (χ4v) is 4.38. The molecule has 0 aliphatic heterocycles. The van der Waals surface area contributed by atoms with E-state index in [9.17, 15) is 8.42 Å². The van der Waals surface area contributed by atoms with Gasteiger partial charge in [0.25, 0.3) is 0 Å². The monoisotopic (exact) mass is 307 g/mol. The second-order valence-electron chi connectivity index (χ2n) is 5.86. The van der Waals surface area contributed by atoms with Crippen molar-refractivity contribution in [1.82, 2.24) is 4.72 Å². The summed E-state index contributed by atoms with van der Waals surface area (Å²) in [6.07, 6.45) is 2.98. The molecule has 5 nitrogen and oxygen atoms in total. The van der Waals surface area contributed by atoms with E-state index >= 15 is 0 Å². The van der Waals surface area contributed by atoms with Crippen molar-refractivity contribution in [2.45, 2.75) is 44.0 Å². The van der Waals surface area contributed by atoms with Gasteiger partial charge in [-0.15, -0.1) is 0 Å². The van der Waals surface area contributed by atoms with Crippen LogP contribution in [0.25, 0.3) is 0 Å². The first kappa shape index (κ1) is 15.8. The van der Waals surface area contributed by atoms with Crippen LogP contribution in [0.15, 0.2) is 23.1 Å². The molecule has 6 heteroatoms. The third-order valence-electron chi connectivity index (χ3n) is 4.43. The molecule has 3 unspecified atom stereocenters. The highest BCUT2D eigenvalue weighted by molar-refractivity contribution is 7.89. The van der Waals surface area contributed by atoms with Crippen LogP contribution in [0.2, 0.25) is 0 Å². The molecule has 3 N–H and O–H groups in total. The molecule has 0 amide bonds. The molecule has 2 rings (SSSR count). The number of nitrogen functional groups attached to an aromatic ring is 1. The maximum Gasteiger partial charge on any atom is 0.242 e. The molecule has 0 bridgehead atoms. The van der Waals surface area contributed by atoms with E-state index in [1.54, 1.807) is 0 Å². The Balaban J connectivity index is 2.29. The second-order valence-corrected chi connectivity index (χ2v) is 7.54. The third-order valence-corrected chi connectivity index (χ3v) is 5.98. The molecule has 0 aromatic heterocycles. The highest BCUT2D eigenvalue weighted by Gasteiger charge is 2.31. The van der Waals surface area contributed by atoms with E-state index in [4.69, 9.17) is 11.0 Å². The SMILES string of the molecule is CC1CCCC(NS(=O)(=O)c2ccc(N)cc2C#N)C1C. The minimum atomic E-state index is -3.70. The van der Waals surface area contributed by atoms with Crippen molar-refractivity contribution in [3.05, 3.63) is 23.8 Å². The molecule has 1 aromatic rings. The van der Waals surface area contributed by atoms with E-state index in [1.807, 2.05) is 6.07 Å². The Morgan fingerprint density at radius 3 is 2.71 bits per heavy atom. The first-order valence-corrected chi connectivity index (χ1v) is 8.65. The summed E-state index contributed by atoms with van der Waals surface area (Å²) in [6.45, 7) is 4.22. The summed E-state index contributed by atoms with van der Waals surface area (Å²) in [5.41, 5.74) is 6.07. The largest absolute Gasteiger partial charge is 0.399 e. The van der Waals surface area contributed by atoms with Gasteiger partial charge in [-0.3, -0.25) is 0 Å². The zero-order valence-electron chi connectivity index (χ0n) is 12.3. The Morgan fingerprint density at radius 2 is 2.05 bits per heavy atom. The van der Waals surface area contributed by atoms with E-state index in [0.717, 1.165) is 19.3 Å². The maximum absolute atomic E-state index is 12.5. The number of nitrogens with one attached hydrogen (secondary N) is 1. The lowest BCUT2D eigenvalue weighted by Gasteiger charge is -2.34. The summed E-state index contributed by atoms with van der Waals surface area (Å²) >= 11 is 0. The third kappa shape index (κ3) is 3.36. The number of hydrogen-bond acceptors (Lipinski definition) is 4. The predicted octanol–water partition coefficient (Wildman–Crippen LogP) is 2.24. The molecule has 1 saturated carbocycles. The van der Waals surface area contributed by atoms with Gasteiger partial charge in [0.1, 0.15) is 6.07 Å². The quantitative estimate of drug-likeness (QED) is 0.837. The second kappa shape index (κ2) is 6.04. The van der Waals surface area contributed by atoms with Gasteiger partial charge in [0, 0.05) is 11.7 Å². The van der Waals surface area contributed by atoms with Crippen molar-refractivity contribution >= 4 is 15.7 Å². The topological polar surface area (TPSA) is 96.0 Å². The first-order chi connectivity index (χ1) is 9.85. The van der Waals surface area contributed by atoms with Crippen molar-refractivity contribution in [2.24, 2.45) is 11.8 Å². The predicted molar refractivity (Wildman–Crippen MR) is 81.9 cm³/mol. The molecule has 1 fully saturated rings. The Hall–Kier alpha value is -1.58. The van der Waals surface area contributed by atoms with Crippen LogP contribution in [0.3, 0.4) is 0 Å². The molecule has 21 heavy (non-hydrogen) atoms. The summed E-state index contributed by atoms with van der Waals surface area (Å²) in [4.78, 5) is 0.00428. The zero-order chi connectivity index (χ0) is 15.6. The van der Waals surface area contributed by atoms with E-state index in [-0.39, 0.29) is 22.4 Å². The number of nitriles is 1. The van der Waals surface area contributed by atoms with E-state index < -0.39 is 10.0 Å². The number of anilines is 1. The van der Waals surface area contributed by atoms with Gasteiger partial charge in [-0.1, -0.05) is 26.7 Å². The number of benzene rings is 1. The lowest BCUT2D eigenvalue weighted by molar-refractivity contribution is 0.227. The first-order valence-electron chi connectivity index (χ1n) is 7.17. The standard InChI is InChI=1S/C15H21N3O2S/c1-10-4-3-5-14(11(10)2)18-21(19,20)15-7-6-13(17)8-12(15)9-16/h6-8,10-11,14,18H,3-5,17H2,1-2H3. The van der Waals surface area contributed by atoms with Gasteiger partial charge in [0.05, 0.1) is 10.5 Å². The molecule has 3 atom stereocenters. The van der Waals surface area contributed by atoms with Crippen molar-refractivity contribution in [3.8, 4) is 6.07 Å². The van der Waals surface area contributed by atoms with Crippen LogP contribution in [-0.4, -0.2) is 14.5 Å². The fraction of sp³-hybridized carbons (Fsp3) is 0.533. The maximum atomic E-state index is 12.5. The number of nitrogens with two attached hydrogens (primary N) is 1. The highest BCUT2D eigenvalue weighted by Crippen LogP contribution is 2.30. The number of hydrogen-bond donors (Lipinski definition) is 2. The van der Waals surface area contributed by atoms with Gasteiger partial charge in [-0.05, 0) is 36.5 Å². The van der Waals surface area contributed by atoms with Crippen LogP contribution in [0.4, 0.5) is 5.69 Å². The average Bonchev–Trinajstić information content (AvgIpc) is 2.43. The summed E-state index contributed by atoms with van der Waals surface area (Å²) in [5.74, 6) is 0.779. The summed E-state index contributed by atoms with van der Waals surface area (Å²) in [5, 5.41) is 9.11. The van der Waals surface area contributed by atoms with E-state index in [1.165, 1.54) is 18.2 Å². The molecule has 114 valence electrons. The molecule has 0 spiro atoms. The smallest absolute Gasteiger partial charge is 0.242 e. The van der Waals surface area contributed by atoms with Crippen LogP contribution in [0.1, 0.15) is 38.7 Å². The van der Waals surface area contributed by atoms with Crippen LogP contribution < -0.4 is 10.5 Å². The Kier molecular flexibility index (Phi) is 4.55. The number of nitrogens with zero attached hydrogens (tertiary/aromatic N) is 1. The van der Waals surface area contributed by atoms with Crippen LogP contribution in [0, 0.1) is 23.2 Å². The Bertz CT molecular complexity index is 664. The van der Waals surface area contributed by atoms with Crippen molar-refractivity contribution in [2.75, 3.05) is 5.73 Å². The van der Waals surface area contributed by atoms with Crippen LogP contribution in [0.5, 0.6) is 0 Å². The van der Waals surface area contributed by atoms with Gasteiger partial charge in [0.15, 0.2) is 0 Å². The molecule has 1 aromatic carbocycles. The van der Waals surface area contributed by atoms with Gasteiger partial charge < -0.3 is 5.73 Å². The summed E-state index contributed by atoms with van der Waals surface area (Å²) in [6, 6.07) is 6.11. The van der Waals surface area contributed by atoms with Crippen molar-refractivity contribution in [1.29, 1.82) is 5.26 Å². The molecular formula is C15H21N3O2S. The normalized spacial score (nSPS) is 26.2. The Morgan fingerprint density at radius 1 is 1.33 bits per heavy atom. The van der Waals surface area contributed by atoms with Gasteiger partial charge in [0.2, 0.25) is 10.0 Å². The van der Waals surface area contributed by atoms with E-state index in [2.05, 4.69) is 18.6 Å². The van der Waals surface area contributed by atoms with E-state index in [0.29, 0.717) is 11.6 Å². The van der Waals surface area contributed by atoms with Gasteiger partial charge in [-0.2, -0.15) is 5.26 Å². The van der Waals surface area contributed by atoms with Crippen LogP contribution in [-0.2, 0) is 10.0 Å². The molecule has 0 heterocycles. The zero-order valence-corrected chi connectivity index (χ0v) is 13.2. The number of sulfonamides is 1. The highest BCUT2D eigenvalue weighted by atomic mass is 32.2. The molecule has 0 saturated heterocycles. The average molecular weight is 307 g/mol. The lowest BCUT2D eigenvalue weighted by atomic mass is 9.78. The molecule has 0 radical (unpaired) electrons. The number of rotatable bonds is 3. The fourth-order valence-electron chi connectivity index (χ4n) is 2.88. The molecule has 1 aliphatic carbocycles. The molecular weight excluding hydrogens is 286 g/mol. The van der Waals surface area contributed by atoms with Gasteiger partial charge >= 0.3 is 0 Å². The van der Waals surface area contributed by atoms with Crippen molar-refractivity contribution < 1.29 is 8.42 Å². The van der Waals surface area contributed by atoms with Crippen molar-refractivity contribution in [3.63, 3.8) is 0 Å². The Labute approximate surface area is 126 Å². The van der Waals surface area contributed by atoms with Crippen LogP contribution >= 0.6 is 0 Å². The summed E-state index contributed by atoms with van der Waals surface area (Å²) < 4.78 is 27.8. The summed E-state index contributed by atoms with van der Waals surface area (Å²) in [7, 11) is -3.70. The lowest BCUT2D eigenvalue weighted by Crippen LogP contribution is -2.43. The molecule has 1 aliphatic rings.